The van der Waals surface area contributed by atoms with Crippen LogP contribution in [0, 0.1) is 0 Å². The van der Waals surface area contributed by atoms with E-state index < -0.39 is 24.5 Å². The molecule has 1 aromatic carbocycles. The molecule has 3 rings (SSSR count). The second-order valence-electron chi connectivity index (χ2n) is 7.58. The smallest absolute Gasteiger partial charge is 0.339 e. The third-order valence-corrected chi connectivity index (χ3v) is 4.75. The maximum Gasteiger partial charge on any atom is 0.339 e. The molecule has 0 saturated carbocycles. The zero-order valence-electron chi connectivity index (χ0n) is 18.4. The van der Waals surface area contributed by atoms with Crippen LogP contribution in [0.5, 0.6) is 0 Å². The molecule has 0 unspecified atom stereocenters. The van der Waals surface area contributed by atoms with Crippen molar-refractivity contribution in [3.8, 4) is 11.3 Å². The number of nitrogens with one attached hydrogen (secondary N) is 2. The lowest BCUT2D eigenvalue weighted by Crippen LogP contribution is -2.41. The van der Waals surface area contributed by atoms with Crippen molar-refractivity contribution >= 4 is 28.9 Å². The van der Waals surface area contributed by atoms with Gasteiger partial charge >= 0.3 is 12.0 Å². The zero-order chi connectivity index (χ0) is 23.1. The Bertz CT molecular complexity index is 1110. The molecule has 0 aliphatic heterocycles. The minimum atomic E-state index is -0.709. The summed E-state index contributed by atoms with van der Waals surface area (Å²) in [5.74, 6) is -1.40. The summed E-state index contributed by atoms with van der Waals surface area (Å²) < 4.78 is 6.92. The zero-order valence-corrected chi connectivity index (χ0v) is 18.4. The predicted molar refractivity (Wildman–Crippen MR) is 120 cm³/mol. The van der Waals surface area contributed by atoms with Crippen molar-refractivity contribution in [3.05, 3.63) is 48.2 Å². The van der Waals surface area contributed by atoms with Gasteiger partial charge in [-0.2, -0.15) is 5.10 Å². The van der Waals surface area contributed by atoms with Gasteiger partial charge in [0.15, 0.2) is 12.3 Å². The fourth-order valence-corrected chi connectivity index (χ4v) is 3.12. The van der Waals surface area contributed by atoms with Crippen LogP contribution >= 0.6 is 0 Å². The molecule has 0 aliphatic rings. The number of amides is 3. The standard InChI is InChI=1S/C23H27N5O4/c1-4-5-11-24-23(31)27-20(29)14-32-22(30)17-12-19(16-9-7-6-8-10-16)26-21-18(17)13-25-28(21)15(2)3/h6-10,12-13,15H,4-5,11,14H2,1-3H3,(H2,24,27,29,31). The third-order valence-electron chi connectivity index (χ3n) is 4.75. The molecule has 0 spiro atoms. The molecule has 32 heavy (non-hydrogen) atoms. The molecule has 0 radical (unpaired) electrons. The molecule has 3 aromatic rings. The van der Waals surface area contributed by atoms with E-state index in [0.717, 1.165) is 18.4 Å². The van der Waals surface area contributed by atoms with Gasteiger partial charge in [-0.1, -0.05) is 43.7 Å². The molecule has 2 heterocycles. The lowest BCUT2D eigenvalue weighted by molar-refractivity contribution is -0.123. The highest BCUT2D eigenvalue weighted by Gasteiger charge is 2.20. The fourth-order valence-electron chi connectivity index (χ4n) is 3.12. The van der Waals surface area contributed by atoms with E-state index in [1.54, 1.807) is 16.9 Å². The summed E-state index contributed by atoms with van der Waals surface area (Å²) >= 11 is 0. The Morgan fingerprint density at radius 2 is 1.91 bits per heavy atom. The second kappa shape index (κ2) is 10.5. The van der Waals surface area contributed by atoms with Crippen LogP contribution in [0.3, 0.4) is 0 Å². The average Bonchev–Trinajstić information content (AvgIpc) is 3.22. The molecule has 0 aliphatic carbocycles. The normalized spacial score (nSPS) is 10.9. The SMILES string of the molecule is CCCCNC(=O)NC(=O)COC(=O)c1cc(-c2ccccc2)nc2c1cnn2C(C)C. The number of rotatable bonds is 8. The Morgan fingerprint density at radius 1 is 1.16 bits per heavy atom. The molecule has 0 bridgehead atoms. The van der Waals surface area contributed by atoms with Crippen molar-refractivity contribution in [2.24, 2.45) is 0 Å². The average molecular weight is 438 g/mol. The number of carbonyl (C=O) groups is 3. The molecule has 0 atom stereocenters. The number of hydrogen-bond acceptors (Lipinski definition) is 6. The number of unbranched alkanes of at least 4 members (excludes halogenated alkanes) is 1. The summed E-state index contributed by atoms with van der Waals surface area (Å²) in [6, 6.07) is 10.5. The van der Waals surface area contributed by atoms with Crippen molar-refractivity contribution in [2.45, 2.75) is 39.7 Å². The van der Waals surface area contributed by atoms with Gasteiger partial charge < -0.3 is 10.1 Å². The van der Waals surface area contributed by atoms with Crippen LogP contribution in [0.15, 0.2) is 42.6 Å². The van der Waals surface area contributed by atoms with Crippen molar-refractivity contribution in [3.63, 3.8) is 0 Å². The number of pyridine rings is 1. The number of hydrogen-bond donors (Lipinski definition) is 2. The van der Waals surface area contributed by atoms with Gasteiger partial charge in [-0.05, 0) is 26.3 Å². The van der Waals surface area contributed by atoms with E-state index in [4.69, 9.17) is 9.72 Å². The van der Waals surface area contributed by atoms with E-state index in [1.165, 1.54) is 0 Å². The lowest BCUT2D eigenvalue weighted by atomic mass is 10.1. The van der Waals surface area contributed by atoms with E-state index in [-0.39, 0.29) is 11.6 Å². The Morgan fingerprint density at radius 3 is 2.59 bits per heavy atom. The molecule has 9 heteroatoms. The topological polar surface area (TPSA) is 115 Å². The van der Waals surface area contributed by atoms with Gasteiger partial charge in [0.2, 0.25) is 0 Å². The van der Waals surface area contributed by atoms with Crippen molar-refractivity contribution < 1.29 is 19.1 Å². The molecule has 3 amide bonds. The summed E-state index contributed by atoms with van der Waals surface area (Å²) in [6.07, 6.45) is 3.29. The lowest BCUT2D eigenvalue weighted by Gasteiger charge is -2.11. The number of aromatic nitrogens is 3. The van der Waals surface area contributed by atoms with Crippen LogP contribution in [0.25, 0.3) is 22.3 Å². The van der Waals surface area contributed by atoms with Crippen molar-refractivity contribution in [2.75, 3.05) is 13.2 Å². The van der Waals surface area contributed by atoms with Crippen LogP contribution in [0.4, 0.5) is 4.79 Å². The van der Waals surface area contributed by atoms with E-state index in [2.05, 4.69) is 15.7 Å². The van der Waals surface area contributed by atoms with Gasteiger partial charge in [-0.15, -0.1) is 0 Å². The number of esters is 1. The number of urea groups is 1. The van der Waals surface area contributed by atoms with Crippen molar-refractivity contribution in [1.82, 2.24) is 25.4 Å². The Balaban J connectivity index is 1.80. The minimum absolute atomic E-state index is 0.0342. The predicted octanol–water partition coefficient (Wildman–Crippen LogP) is 3.46. The molecule has 168 valence electrons. The number of carbonyl (C=O) groups excluding carboxylic acids is 3. The van der Waals surface area contributed by atoms with Crippen LogP contribution in [-0.4, -0.2) is 45.8 Å². The summed E-state index contributed by atoms with van der Waals surface area (Å²) in [5.41, 5.74) is 2.22. The third kappa shape index (κ3) is 5.48. The Hall–Kier alpha value is -3.75. The summed E-state index contributed by atoms with van der Waals surface area (Å²) in [4.78, 5) is 41.2. The number of ether oxygens (including phenoxy) is 1. The Labute approximate surface area is 186 Å². The van der Waals surface area contributed by atoms with Gasteiger partial charge in [0.1, 0.15) is 0 Å². The molecule has 0 fully saturated rings. The van der Waals surface area contributed by atoms with Crippen LogP contribution in [-0.2, 0) is 9.53 Å². The maximum absolute atomic E-state index is 12.9. The summed E-state index contributed by atoms with van der Waals surface area (Å²) in [6.45, 7) is 5.82. The molecular weight excluding hydrogens is 410 g/mol. The van der Waals surface area contributed by atoms with Crippen LogP contribution in [0.1, 0.15) is 50.0 Å². The molecular formula is C23H27N5O4. The van der Waals surface area contributed by atoms with E-state index >= 15 is 0 Å². The number of fused-ring (bicyclic) bond motifs is 1. The second-order valence-corrected chi connectivity index (χ2v) is 7.58. The highest BCUT2D eigenvalue weighted by molar-refractivity contribution is 6.04. The first kappa shape index (κ1) is 22.9. The van der Waals surface area contributed by atoms with E-state index in [1.807, 2.05) is 51.1 Å². The van der Waals surface area contributed by atoms with Gasteiger partial charge in [0.25, 0.3) is 5.91 Å². The molecule has 2 N–H and O–H groups in total. The Kier molecular flexibility index (Phi) is 7.54. The first-order valence-electron chi connectivity index (χ1n) is 10.6. The van der Waals surface area contributed by atoms with Gasteiger partial charge in [-0.3, -0.25) is 10.1 Å². The largest absolute Gasteiger partial charge is 0.452 e. The van der Waals surface area contributed by atoms with Crippen LogP contribution in [0.2, 0.25) is 0 Å². The minimum Gasteiger partial charge on any atom is -0.452 e. The van der Waals surface area contributed by atoms with Gasteiger partial charge in [0, 0.05) is 18.2 Å². The molecule has 0 saturated heterocycles. The number of benzene rings is 1. The molecule has 9 nitrogen and oxygen atoms in total. The molecule has 2 aromatic heterocycles. The van der Waals surface area contributed by atoms with Crippen LogP contribution < -0.4 is 10.6 Å². The van der Waals surface area contributed by atoms with E-state index in [0.29, 0.717) is 23.3 Å². The number of imide groups is 1. The quantitative estimate of drug-likeness (QED) is 0.412. The van der Waals surface area contributed by atoms with Gasteiger partial charge in [0.05, 0.1) is 22.8 Å². The van der Waals surface area contributed by atoms with E-state index in [9.17, 15) is 14.4 Å². The first-order valence-corrected chi connectivity index (χ1v) is 10.6. The van der Waals surface area contributed by atoms with Crippen molar-refractivity contribution in [1.29, 1.82) is 0 Å². The highest BCUT2D eigenvalue weighted by atomic mass is 16.5. The maximum atomic E-state index is 12.9. The summed E-state index contributed by atoms with van der Waals surface area (Å²) in [5, 5.41) is 9.60. The number of nitrogens with zero attached hydrogens (tertiary/aromatic N) is 3. The highest BCUT2D eigenvalue weighted by Crippen LogP contribution is 2.26. The van der Waals surface area contributed by atoms with Gasteiger partial charge in [-0.25, -0.2) is 19.3 Å². The summed E-state index contributed by atoms with van der Waals surface area (Å²) in [7, 11) is 0. The first-order chi connectivity index (χ1) is 15.4. The fraction of sp³-hybridized carbons (Fsp3) is 0.348. The monoisotopic (exact) mass is 437 g/mol.